The van der Waals surface area contributed by atoms with Crippen molar-refractivity contribution in [1.82, 2.24) is 5.32 Å². The Bertz CT molecular complexity index is 840. The van der Waals surface area contributed by atoms with Crippen molar-refractivity contribution in [3.05, 3.63) is 53.6 Å². The number of ether oxygens (including phenoxy) is 2. The van der Waals surface area contributed by atoms with Gasteiger partial charge >= 0.3 is 0 Å². The number of hydrogen-bond acceptors (Lipinski definition) is 4. The molecule has 0 bridgehead atoms. The summed E-state index contributed by atoms with van der Waals surface area (Å²) in [4.78, 5) is 24.2. The number of hydrogen-bond donors (Lipinski definition) is 2. The largest absolute Gasteiger partial charge is 0.493 e. The highest BCUT2D eigenvalue weighted by molar-refractivity contribution is 5.99. The summed E-state index contributed by atoms with van der Waals surface area (Å²) in [5.74, 6) is 2.76. The van der Waals surface area contributed by atoms with Gasteiger partial charge in [0, 0.05) is 16.8 Å². The molecule has 2 N–H and O–H groups in total. The molecule has 0 fully saturated rings. The minimum atomic E-state index is -0.388. The van der Waals surface area contributed by atoms with Crippen LogP contribution < -0.4 is 20.1 Å². The molecule has 2 aromatic rings. The van der Waals surface area contributed by atoms with Gasteiger partial charge in [-0.3, -0.25) is 9.59 Å². The molecule has 0 saturated carbocycles. The Hall–Kier alpha value is -3.46. The van der Waals surface area contributed by atoms with Crippen molar-refractivity contribution in [3.63, 3.8) is 0 Å². The van der Waals surface area contributed by atoms with E-state index in [1.807, 2.05) is 6.92 Å². The van der Waals surface area contributed by atoms with Gasteiger partial charge in [0.1, 0.15) is 0 Å². The molecule has 6 heteroatoms. The van der Waals surface area contributed by atoms with Crippen molar-refractivity contribution < 1.29 is 19.1 Å². The molecule has 0 aliphatic rings. The minimum absolute atomic E-state index is 0.172. The third-order valence-corrected chi connectivity index (χ3v) is 3.45. The van der Waals surface area contributed by atoms with Crippen LogP contribution in [0.5, 0.6) is 11.5 Å². The molecule has 2 aromatic carbocycles. The van der Waals surface area contributed by atoms with Crippen molar-refractivity contribution in [2.75, 3.05) is 25.6 Å². The van der Waals surface area contributed by atoms with Crippen LogP contribution in [0.15, 0.2) is 42.5 Å². The lowest BCUT2D eigenvalue weighted by Crippen LogP contribution is -2.32. The van der Waals surface area contributed by atoms with Crippen LogP contribution in [-0.4, -0.2) is 32.1 Å². The number of benzene rings is 2. The number of methoxy groups -OCH3 is 1. The Morgan fingerprint density at radius 2 is 1.96 bits per heavy atom. The van der Waals surface area contributed by atoms with E-state index < -0.39 is 0 Å². The van der Waals surface area contributed by atoms with Gasteiger partial charge in [-0.1, -0.05) is 12.0 Å². The van der Waals surface area contributed by atoms with E-state index in [0.717, 1.165) is 0 Å². The van der Waals surface area contributed by atoms with Crippen molar-refractivity contribution >= 4 is 17.5 Å². The maximum absolute atomic E-state index is 12.2. The summed E-state index contributed by atoms with van der Waals surface area (Å²) < 4.78 is 10.6. The van der Waals surface area contributed by atoms with Crippen LogP contribution in [0.25, 0.3) is 0 Å². The average molecular weight is 352 g/mol. The number of carbonyl (C=O) groups is 2. The molecule has 0 heterocycles. The third-order valence-electron chi connectivity index (χ3n) is 3.45. The zero-order valence-electron chi connectivity index (χ0n) is 14.7. The lowest BCUT2D eigenvalue weighted by molar-refractivity contribution is -0.115. The molecule has 6 nitrogen and oxygen atoms in total. The van der Waals surface area contributed by atoms with E-state index in [1.54, 1.807) is 42.5 Å². The number of rotatable bonds is 7. The highest BCUT2D eigenvalue weighted by Gasteiger charge is 2.12. The van der Waals surface area contributed by atoms with Crippen LogP contribution in [-0.2, 0) is 4.79 Å². The Kier molecular flexibility index (Phi) is 6.63. The van der Waals surface area contributed by atoms with Gasteiger partial charge in [0.25, 0.3) is 5.91 Å². The second-order valence-electron chi connectivity index (χ2n) is 5.25. The fourth-order valence-corrected chi connectivity index (χ4v) is 2.24. The van der Waals surface area contributed by atoms with Crippen LogP contribution in [0, 0.1) is 12.3 Å². The second-order valence-corrected chi connectivity index (χ2v) is 5.25. The zero-order valence-corrected chi connectivity index (χ0v) is 14.7. The summed E-state index contributed by atoms with van der Waals surface area (Å²) in [5.41, 5.74) is 1.60. The quantitative estimate of drug-likeness (QED) is 0.751. The van der Waals surface area contributed by atoms with E-state index in [4.69, 9.17) is 15.9 Å². The van der Waals surface area contributed by atoms with E-state index in [-0.39, 0.29) is 18.4 Å². The molecule has 0 spiro atoms. The molecule has 0 atom stereocenters. The van der Waals surface area contributed by atoms with E-state index in [2.05, 4.69) is 16.6 Å². The average Bonchev–Trinajstić information content (AvgIpc) is 2.66. The summed E-state index contributed by atoms with van der Waals surface area (Å²) in [5, 5.41) is 5.25. The fourth-order valence-electron chi connectivity index (χ4n) is 2.24. The van der Waals surface area contributed by atoms with E-state index >= 15 is 0 Å². The monoisotopic (exact) mass is 352 g/mol. The van der Waals surface area contributed by atoms with Crippen LogP contribution in [0.2, 0.25) is 0 Å². The second kappa shape index (κ2) is 9.14. The SMILES string of the molecule is C#Cc1cccc(NC(=O)CNC(=O)c2ccc(OC)c(OCC)c2)c1. The Morgan fingerprint density at radius 3 is 2.65 bits per heavy atom. The van der Waals surface area contributed by atoms with Crippen LogP contribution in [0.4, 0.5) is 5.69 Å². The molecule has 0 aromatic heterocycles. The fraction of sp³-hybridized carbons (Fsp3) is 0.200. The molecule has 134 valence electrons. The lowest BCUT2D eigenvalue weighted by Gasteiger charge is -2.11. The summed E-state index contributed by atoms with van der Waals surface area (Å²) in [6.07, 6.45) is 5.33. The van der Waals surface area contributed by atoms with Gasteiger partial charge in [0.15, 0.2) is 11.5 Å². The minimum Gasteiger partial charge on any atom is -0.493 e. The molecule has 26 heavy (non-hydrogen) atoms. The first-order valence-electron chi connectivity index (χ1n) is 8.03. The molecule has 0 saturated heterocycles. The smallest absolute Gasteiger partial charge is 0.251 e. The number of terminal acetylenes is 1. The molecule has 2 amide bonds. The first-order chi connectivity index (χ1) is 12.6. The molecular formula is C20H20N2O4. The maximum atomic E-state index is 12.2. The normalized spacial score (nSPS) is 9.73. The summed E-state index contributed by atoms with van der Waals surface area (Å²) in [6, 6.07) is 11.7. The van der Waals surface area contributed by atoms with E-state index in [0.29, 0.717) is 34.9 Å². The van der Waals surface area contributed by atoms with Gasteiger partial charge in [-0.15, -0.1) is 6.42 Å². The summed E-state index contributed by atoms with van der Waals surface area (Å²) in [7, 11) is 1.52. The van der Waals surface area contributed by atoms with Gasteiger partial charge < -0.3 is 20.1 Å². The van der Waals surface area contributed by atoms with E-state index in [1.165, 1.54) is 7.11 Å². The Balaban J connectivity index is 1.96. The summed E-state index contributed by atoms with van der Waals surface area (Å²) >= 11 is 0. The molecule has 2 rings (SSSR count). The van der Waals surface area contributed by atoms with Gasteiger partial charge in [-0.2, -0.15) is 0 Å². The van der Waals surface area contributed by atoms with Gasteiger partial charge in [-0.05, 0) is 43.3 Å². The first-order valence-corrected chi connectivity index (χ1v) is 8.03. The molecule has 0 aliphatic heterocycles. The Labute approximate surface area is 152 Å². The van der Waals surface area contributed by atoms with Crippen LogP contribution in [0.3, 0.4) is 0 Å². The summed E-state index contributed by atoms with van der Waals surface area (Å²) in [6.45, 7) is 2.11. The van der Waals surface area contributed by atoms with Gasteiger partial charge in [0.05, 0.1) is 20.3 Å². The highest BCUT2D eigenvalue weighted by Crippen LogP contribution is 2.27. The Morgan fingerprint density at radius 1 is 1.15 bits per heavy atom. The predicted molar refractivity (Wildman–Crippen MR) is 99.5 cm³/mol. The molecular weight excluding hydrogens is 332 g/mol. The van der Waals surface area contributed by atoms with Crippen molar-refractivity contribution in [3.8, 4) is 23.8 Å². The molecule has 0 aliphatic carbocycles. The lowest BCUT2D eigenvalue weighted by atomic mass is 10.2. The highest BCUT2D eigenvalue weighted by atomic mass is 16.5. The van der Waals surface area contributed by atoms with Crippen molar-refractivity contribution in [2.45, 2.75) is 6.92 Å². The third kappa shape index (κ3) is 5.02. The molecule has 0 radical (unpaired) electrons. The van der Waals surface area contributed by atoms with Crippen molar-refractivity contribution in [2.24, 2.45) is 0 Å². The van der Waals surface area contributed by atoms with Crippen molar-refractivity contribution in [1.29, 1.82) is 0 Å². The number of anilines is 1. The first kappa shape index (κ1) is 18.9. The number of carbonyl (C=O) groups excluding carboxylic acids is 2. The standard InChI is InChI=1S/C20H20N2O4/c1-4-14-7-6-8-16(11-14)22-19(23)13-21-20(24)15-9-10-17(25-3)18(12-15)26-5-2/h1,6-12H,5,13H2,2-3H3,(H,21,24)(H,22,23). The van der Waals surface area contributed by atoms with E-state index in [9.17, 15) is 9.59 Å². The maximum Gasteiger partial charge on any atom is 0.251 e. The van der Waals surface area contributed by atoms with Gasteiger partial charge in [-0.25, -0.2) is 0 Å². The van der Waals surface area contributed by atoms with Gasteiger partial charge in [0.2, 0.25) is 5.91 Å². The number of amides is 2. The number of nitrogens with one attached hydrogen (secondary N) is 2. The zero-order chi connectivity index (χ0) is 18.9. The van der Waals surface area contributed by atoms with Crippen LogP contribution in [0.1, 0.15) is 22.8 Å². The van der Waals surface area contributed by atoms with Crippen LogP contribution >= 0.6 is 0 Å². The molecule has 0 unspecified atom stereocenters. The topological polar surface area (TPSA) is 76.7 Å². The predicted octanol–water partition coefficient (Wildman–Crippen LogP) is 2.44.